The summed E-state index contributed by atoms with van der Waals surface area (Å²) in [5.41, 5.74) is 0.0253. The first-order valence-corrected chi connectivity index (χ1v) is 6.99. The molecule has 1 aliphatic rings. The third-order valence-electron chi connectivity index (χ3n) is 2.63. The fraction of sp³-hybridized carbons (Fsp3) is 0.500. The van der Waals surface area contributed by atoms with Crippen LogP contribution in [0.2, 0.25) is 0 Å². The lowest BCUT2D eigenvalue weighted by Crippen LogP contribution is -2.25. The highest BCUT2D eigenvalue weighted by molar-refractivity contribution is 8.14. The summed E-state index contributed by atoms with van der Waals surface area (Å²) < 4.78 is 9.93. The topological polar surface area (TPSA) is 89.7 Å². The highest BCUT2D eigenvalue weighted by Crippen LogP contribution is 2.28. The van der Waals surface area contributed by atoms with Gasteiger partial charge in [-0.3, -0.25) is 14.5 Å². The van der Waals surface area contributed by atoms with Crippen LogP contribution < -0.4 is 4.90 Å². The molecule has 0 bridgehead atoms. The van der Waals surface area contributed by atoms with Gasteiger partial charge in [-0.25, -0.2) is 4.79 Å². The van der Waals surface area contributed by atoms with Crippen LogP contribution in [0.3, 0.4) is 0 Å². The summed E-state index contributed by atoms with van der Waals surface area (Å²) in [6.07, 6.45) is 1.41. The van der Waals surface area contributed by atoms with Crippen molar-refractivity contribution in [2.24, 2.45) is 0 Å². The van der Waals surface area contributed by atoms with Crippen molar-refractivity contribution in [2.75, 3.05) is 18.1 Å². The van der Waals surface area contributed by atoms with Crippen molar-refractivity contribution in [1.82, 2.24) is 4.98 Å². The molecule has 2 rings (SSSR count). The van der Waals surface area contributed by atoms with Crippen LogP contribution in [0.15, 0.2) is 10.7 Å². The first-order valence-electron chi connectivity index (χ1n) is 6.11. The van der Waals surface area contributed by atoms with Gasteiger partial charge < -0.3 is 9.15 Å². The number of rotatable bonds is 4. The first kappa shape index (κ1) is 14.6. The number of nitrogens with zero attached hydrogens (tertiary/aromatic N) is 2. The van der Waals surface area contributed by atoms with Gasteiger partial charge in [0, 0.05) is 25.1 Å². The molecule has 1 aromatic rings. The Balaban J connectivity index is 2.07. The van der Waals surface area contributed by atoms with Gasteiger partial charge in [-0.1, -0.05) is 11.8 Å². The Labute approximate surface area is 119 Å². The van der Waals surface area contributed by atoms with Gasteiger partial charge in [-0.2, -0.15) is 4.98 Å². The summed E-state index contributed by atoms with van der Waals surface area (Å²) in [4.78, 5) is 39.7. The van der Waals surface area contributed by atoms with E-state index in [1.54, 1.807) is 6.92 Å². The predicted octanol–water partition coefficient (Wildman–Crippen LogP) is 1.24. The van der Waals surface area contributed by atoms with Gasteiger partial charge in [0.05, 0.1) is 6.61 Å². The largest absolute Gasteiger partial charge is 0.461 e. The van der Waals surface area contributed by atoms with Gasteiger partial charge in [0.25, 0.3) is 0 Å². The number of aromatic nitrogens is 1. The molecule has 1 unspecified atom stereocenters. The normalized spacial score (nSPS) is 18.4. The highest BCUT2D eigenvalue weighted by atomic mass is 32.2. The van der Waals surface area contributed by atoms with E-state index in [1.165, 1.54) is 11.8 Å². The van der Waals surface area contributed by atoms with Gasteiger partial charge in [0.2, 0.25) is 5.91 Å². The molecule has 108 valence electrons. The number of thioether (sulfide) groups is 1. The van der Waals surface area contributed by atoms with Crippen LogP contribution >= 0.6 is 11.8 Å². The maximum absolute atomic E-state index is 11.9. The molecule has 0 saturated carbocycles. The first-order chi connectivity index (χ1) is 9.51. The van der Waals surface area contributed by atoms with Crippen LogP contribution in [-0.2, 0) is 14.3 Å². The second kappa shape index (κ2) is 6.08. The Hall–Kier alpha value is -1.83. The molecule has 0 spiro atoms. The van der Waals surface area contributed by atoms with Crippen molar-refractivity contribution in [1.29, 1.82) is 0 Å². The zero-order valence-corrected chi connectivity index (χ0v) is 11.9. The number of carbonyl (C=O) groups excluding carboxylic acids is 3. The number of oxazole rings is 1. The van der Waals surface area contributed by atoms with Crippen LogP contribution in [0.5, 0.6) is 0 Å². The van der Waals surface area contributed by atoms with E-state index in [9.17, 15) is 14.4 Å². The third kappa shape index (κ3) is 3.19. The van der Waals surface area contributed by atoms with E-state index in [-0.39, 0.29) is 41.0 Å². The molecule has 20 heavy (non-hydrogen) atoms. The summed E-state index contributed by atoms with van der Waals surface area (Å²) >= 11 is 1.12. The predicted molar refractivity (Wildman–Crippen MR) is 71.5 cm³/mol. The van der Waals surface area contributed by atoms with Crippen LogP contribution in [0.1, 0.15) is 30.8 Å². The number of hydrogen-bond donors (Lipinski definition) is 0. The average molecular weight is 298 g/mol. The highest BCUT2D eigenvalue weighted by Gasteiger charge is 2.34. The van der Waals surface area contributed by atoms with Gasteiger partial charge in [-0.05, 0) is 6.92 Å². The molecule has 1 atom stereocenters. The average Bonchev–Trinajstić information content (AvgIpc) is 2.95. The molecule has 0 radical (unpaired) electrons. The van der Waals surface area contributed by atoms with E-state index in [0.717, 1.165) is 18.0 Å². The second-order valence-electron chi connectivity index (χ2n) is 4.18. The summed E-state index contributed by atoms with van der Waals surface area (Å²) in [5.74, 6) is -0.773. The Bertz CT molecular complexity index is 542. The lowest BCUT2D eigenvalue weighted by Gasteiger charge is -2.10. The minimum atomic E-state index is -0.594. The van der Waals surface area contributed by atoms with Crippen molar-refractivity contribution < 1.29 is 23.5 Å². The smallest absolute Gasteiger partial charge is 0.360 e. The van der Waals surface area contributed by atoms with Crippen LogP contribution in [-0.4, -0.2) is 40.4 Å². The third-order valence-corrected chi connectivity index (χ3v) is 3.61. The standard InChI is InChI=1S/C12H14N2O5S/c1-3-18-11(17)9-6-19-12(13-9)14-5-8(4-10(14)16)20-7(2)15/h6,8H,3-5H2,1-2H3. The lowest BCUT2D eigenvalue weighted by molar-refractivity contribution is -0.117. The van der Waals surface area contributed by atoms with Gasteiger partial charge >= 0.3 is 12.0 Å². The molecular weight excluding hydrogens is 284 g/mol. The van der Waals surface area contributed by atoms with E-state index in [2.05, 4.69) is 4.98 Å². The number of amides is 1. The van der Waals surface area contributed by atoms with E-state index >= 15 is 0 Å². The molecule has 2 heterocycles. The molecule has 0 N–H and O–H groups in total. The lowest BCUT2D eigenvalue weighted by atomic mass is 10.4. The second-order valence-corrected chi connectivity index (χ2v) is 5.65. The van der Waals surface area contributed by atoms with Gasteiger partial charge in [0.1, 0.15) is 6.26 Å². The van der Waals surface area contributed by atoms with Crippen molar-refractivity contribution in [3.8, 4) is 0 Å². The molecular formula is C12H14N2O5S. The molecule has 0 aliphatic carbocycles. The number of esters is 1. The fourth-order valence-electron chi connectivity index (χ4n) is 1.86. The monoisotopic (exact) mass is 298 g/mol. The summed E-state index contributed by atoms with van der Waals surface area (Å²) in [6.45, 7) is 3.72. The Kier molecular flexibility index (Phi) is 4.43. The van der Waals surface area contributed by atoms with Gasteiger partial charge in [0.15, 0.2) is 10.8 Å². The number of carbonyl (C=O) groups is 3. The van der Waals surface area contributed by atoms with Crippen LogP contribution in [0.25, 0.3) is 0 Å². The molecule has 7 nitrogen and oxygen atoms in total. The molecule has 8 heteroatoms. The van der Waals surface area contributed by atoms with E-state index in [0.29, 0.717) is 6.54 Å². The Morgan fingerprint density at radius 1 is 1.60 bits per heavy atom. The fourth-order valence-corrected chi connectivity index (χ4v) is 2.78. The molecule has 1 aromatic heterocycles. The van der Waals surface area contributed by atoms with E-state index in [1.807, 2.05) is 0 Å². The summed E-state index contributed by atoms with van der Waals surface area (Å²) in [7, 11) is 0. The summed E-state index contributed by atoms with van der Waals surface area (Å²) in [6, 6.07) is 0.0599. The number of hydrogen-bond acceptors (Lipinski definition) is 7. The van der Waals surface area contributed by atoms with Crippen molar-refractivity contribution in [3.05, 3.63) is 12.0 Å². The minimum Gasteiger partial charge on any atom is -0.461 e. The zero-order chi connectivity index (χ0) is 14.7. The molecule has 0 aromatic carbocycles. The maximum Gasteiger partial charge on any atom is 0.360 e. The maximum atomic E-state index is 11.9. The SMILES string of the molecule is CCOC(=O)c1coc(N2CC(SC(C)=O)CC2=O)n1. The zero-order valence-electron chi connectivity index (χ0n) is 11.1. The molecule has 1 saturated heterocycles. The minimum absolute atomic E-state index is 0.0253. The Morgan fingerprint density at radius 2 is 2.35 bits per heavy atom. The molecule has 1 amide bonds. The van der Waals surface area contributed by atoms with E-state index in [4.69, 9.17) is 9.15 Å². The molecule has 1 fully saturated rings. The van der Waals surface area contributed by atoms with Crippen LogP contribution in [0, 0.1) is 0 Å². The Morgan fingerprint density at radius 3 is 3.00 bits per heavy atom. The number of anilines is 1. The number of ether oxygens (including phenoxy) is 1. The van der Waals surface area contributed by atoms with Crippen molar-refractivity contribution in [2.45, 2.75) is 25.5 Å². The van der Waals surface area contributed by atoms with E-state index < -0.39 is 5.97 Å². The van der Waals surface area contributed by atoms with Crippen molar-refractivity contribution >= 4 is 34.8 Å². The summed E-state index contributed by atoms with van der Waals surface area (Å²) in [5, 5.41) is -0.151. The quantitative estimate of drug-likeness (QED) is 0.772. The van der Waals surface area contributed by atoms with Gasteiger partial charge in [-0.15, -0.1) is 0 Å². The molecule has 1 aliphatic heterocycles. The van der Waals surface area contributed by atoms with Crippen LogP contribution in [0.4, 0.5) is 6.01 Å². The van der Waals surface area contributed by atoms with Crippen molar-refractivity contribution in [3.63, 3.8) is 0 Å².